The number of nitrogens with one attached hydrogen (secondary N) is 1. The smallest absolute Gasteiger partial charge is 0.0236 e. The molecular weight excluding hydrogens is 160 g/mol. The molecule has 2 heteroatoms. The molecule has 0 heterocycles. The minimum Gasteiger partial charge on any atom is -0.271 e. The fraction of sp³-hybridized carbons (Fsp3) is 1.00. The molecule has 1 fully saturated rings. The Kier molecular flexibility index (Phi) is 4.20. The summed E-state index contributed by atoms with van der Waals surface area (Å²) in [5.41, 5.74) is 2.96. The standard InChI is InChI=1S/C11H24N2/c1-4-11(13-12)10-6-8(2)5-9(3)7-10/h8-11,13H,4-7,12H2,1-3H3. The van der Waals surface area contributed by atoms with E-state index in [1.54, 1.807) is 0 Å². The molecule has 13 heavy (non-hydrogen) atoms. The van der Waals surface area contributed by atoms with Gasteiger partial charge in [-0.3, -0.25) is 11.3 Å². The third-order valence-electron chi connectivity index (χ3n) is 3.44. The van der Waals surface area contributed by atoms with Gasteiger partial charge in [-0.25, -0.2) is 0 Å². The summed E-state index contributed by atoms with van der Waals surface area (Å²) in [6, 6.07) is 0.533. The minimum absolute atomic E-state index is 0.533. The first-order chi connectivity index (χ1) is 6.17. The summed E-state index contributed by atoms with van der Waals surface area (Å²) in [5, 5.41) is 0. The Hall–Kier alpha value is -0.0800. The fourth-order valence-electron chi connectivity index (χ4n) is 2.93. The van der Waals surface area contributed by atoms with Crippen molar-refractivity contribution >= 4 is 0 Å². The summed E-state index contributed by atoms with van der Waals surface area (Å²) in [6.45, 7) is 6.95. The molecule has 1 aliphatic carbocycles. The van der Waals surface area contributed by atoms with Crippen molar-refractivity contribution < 1.29 is 0 Å². The van der Waals surface area contributed by atoms with E-state index in [4.69, 9.17) is 5.84 Å². The molecule has 3 unspecified atom stereocenters. The molecule has 0 saturated heterocycles. The lowest BCUT2D eigenvalue weighted by Gasteiger charge is -2.35. The van der Waals surface area contributed by atoms with Crippen LogP contribution in [-0.4, -0.2) is 6.04 Å². The first-order valence-corrected chi connectivity index (χ1v) is 5.63. The molecule has 2 nitrogen and oxygen atoms in total. The van der Waals surface area contributed by atoms with E-state index in [1.165, 1.54) is 19.3 Å². The molecule has 3 N–H and O–H groups in total. The monoisotopic (exact) mass is 184 g/mol. The van der Waals surface area contributed by atoms with E-state index in [9.17, 15) is 0 Å². The Morgan fingerprint density at radius 3 is 2.15 bits per heavy atom. The quantitative estimate of drug-likeness (QED) is 0.522. The molecule has 0 amide bonds. The first kappa shape index (κ1) is 11.0. The number of hydrogen-bond acceptors (Lipinski definition) is 2. The van der Waals surface area contributed by atoms with Crippen LogP contribution in [0.5, 0.6) is 0 Å². The maximum Gasteiger partial charge on any atom is 0.0236 e. The molecule has 1 aliphatic rings. The van der Waals surface area contributed by atoms with E-state index in [-0.39, 0.29) is 0 Å². The zero-order valence-corrected chi connectivity index (χ0v) is 9.22. The largest absolute Gasteiger partial charge is 0.271 e. The molecule has 0 aromatic carbocycles. The van der Waals surface area contributed by atoms with Crippen LogP contribution in [0.1, 0.15) is 46.5 Å². The van der Waals surface area contributed by atoms with Gasteiger partial charge in [0, 0.05) is 6.04 Å². The van der Waals surface area contributed by atoms with Gasteiger partial charge >= 0.3 is 0 Å². The van der Waals surface area contributed by atoms with Gasteiger partial charge in [0.1, 0.15) is 0 Å². The Labute approximate surface area is 82.2 Å². The van der Waals surface area contributed by atoms with Gasteiger partial charge in [0.25, 0.3) is 0 Å². The summed E-state index contributed by atoms with van der Waals surface area (Å²) >= 11 is 0. The van der Waals surface area contributed by atoms with Crippen LogP contribution in [0.15, 0.2) is 0 Å². The predicted molar refractivity (Wildman–Crippen MR) is 57.1 cm³/mol. The van der Waals surface area contributed by atoms with Crippen LogP contribution in [0, 0.1) is 17.8 Å². The van der Waals surface area contributed by atoms with E-state index < -0.39 is 0 Å². The highest BCUT2D eigenvalue weighted by Crippen LogP contribution is 2.35. The van der Waals surface area contributed by atoms with Crippen LogP contribution in [0.4, 0.5) is 0 Å². The fourth-order valence-corrected chi connectivity index (χ4v) is 2.93. The molecule has 3 atom stereocenters. The Morgan fingerprint density at radius 2 is 1.77 bits per heavy atom. The van der Waals surface area contributed by atoms with Crippen molar-refractivity contribution in [2.75, 3.05) is 0 Å². The number of nitrogens with two attached hydrogens (primary N) is 1. The van der Waals surface area contributed by atoms with Crippen molar-refractivity contribution in [3.63, 3.8) is 0 Å². The van der Waals surface area contributed by atoms with Crippen molar-refractivity contribution in [2.24, 2.45) is 23.6 Å². The van der Waals surface area contributed by atoms with Crippen LogP contribution >= 0.6 is 0 Å². The molecule has 1 saturated carbocycles. The molecule has 0 bridgehead atoms. The zero-order valence-electron chi connectivity index (χ0n) is 9.22. The van der Waals surface area contributed by atoms with Crippen LogP contribution in [0.2, 0.25) is 0 Å². The summed E-state index contributed by atoms with van der Waals surface area (Å²) in [4.78, 5) is 0. The van der Waals surface area contributed by atoms with Gasteiger partial charge in [-0.15, -0.1) is 0 Å². The summed E-state index contributed by atoms with van der Waals surface area (Å²) < 4.78 is 0. The highest BCUT2D eigenvalue weighted by Gasteiger charge is 2.28. The molecule has 0 aromatic heterocycles. The topological polar surface area (TPSA) is 38.0 Å². The van der Waals surface area contributed by atoms with Crippen molar-refractivity contribution in [1.29, 1.82) is 0 Å². The third-order valence-corrected chi connectivity index (χ3v) is 3.44. The highest BCUT2D eigenvalue weighted by atomic mass is 15.2. The van der Waals surface area contributed by atoms with E-state index in [0.717, 1.165) is 24.2 Å². The first-order valence-electron chi connectivity index (χ1n) is 5.63. The number of hydrogen-bond donors (Lipinski definition) is 2. The van der Waals surface area contributed by atoms with Crippen molar-refractivity contribution in [3.05, 3.63) is 0 Å². The van der Waals surface area contributed by atoms with E-state index in [1.807, 2.05) is 0 Å². The van der Waals surface area contributed by atoms with Crippen LogP contribution in [0.3, 0.4) is 0 Å². The van der Waals surface area contributed by atoms with Crippen LogP contribution < -0.4 is 11.3 Å². The van der Waals surface area contributed by atoms with E-state index in [0.29, 0.717) is 6.04 Å². The lowest BCUT2D eigenvalue weighted by atomic mass is 9.73. The highest BCUT2D eigenvalue weighted by molar-refractivity contribution is 4.81. The number of rotatable bonds is 3. The van der Waals surface area contributed by atoms with E-state index >= 15 is 0 Å². The van der Waals surface area contributed by atoms with Gasteiger partial charge in [-0.2, -0.15) is 0 Å². The van der Waals surface area contributed by atoms with Crippen molar-refractivity contribution in [3.8, 4) is 0 Å². The average molecular weight is 184 g/mol. The van der Waals surface area contributed by atoms with Gasteiger partial charge in [-0.1, -0.05) is 20.8 Å². The van der Waals surface area contributed by atoms with Crippen molar-refractivity contribution in [1.82, 2.24) is 5.43 Å². The van der Waals surface area contributed by atoms with Crippen LogP contribution in [0.25, 0.3) is 0 Å². The second kappa shape index (κ2) is 4.97. The maximum atomic E-state index is 5.56. The minimum atomic E-state index is 0.533. The third kappa shape index (κ3) is 2.96. The zero-order chi connectivity index (χ0) is 9.84. The maximum absolute atomic E-state index is 5.56. The van der Waals surface area contributed by atoms with Gasteiger partial charge in [0.15, 0.2) is 0 Å². The summed E-state index contributed by atoms with van der Waals surface area (Å²) in [5.74, 6) is 8.13. The van der Waals surface area contributed by atoms with Gasteiger partial charge in [0.05, 0.1) is 0 Å². The summed E-state index contributed by atoms with van der Waals surface area (Å²) in [6.07, 6.45) is 5.26. The Morgan fingerprint density at radius 1 is 1.23 bits per heavy atom. The van der Waals surface area contributed by atoms with Gasteiger partial charge < -0.3 is 0 Å². The molecule has 0 aliphatic heterocycles. The molecular formula is C11H24N2. The van der Waals surface area contributed by atoms with E-state index in [2.05, 4.69) is 26.2 Å². The lowest BCUT2D eigenvalue weighted by molar-refractivity contribution is 0.174. The molecule has 0 radical (unpaired) electrons. The molecule has 78 valence electrons. The average Bonchev–Trinajstić information content (AvgIpc) is 2.04. The predicted octanol–water partition coefficient (Wildman–Crippen LogP) is 2.30. The van der Waals surface area contributed by atoms with Gasteiger partial charge in [0.2, 0.25) is 0 Å². The molecule has 0 aromatic rings. The Bertz CT molecular complexity index is 133. The summed E-state index contributed by atoms with van der Waals surface area (Å²) in [7, 11) is 0. The molecule has 1 rings (SSSR count). The number of hydrazine groups is 1. The SMILES string of the molecule is CCC(NN)C1CC(C)CC(C)C1. The normalized spacial score (nSPS) is 37.4. The lowest BCUT2D eigenvalue weighted by Crippen LogP contribution is -2.43. The molecule has 0 spiro atoms. The van der Waals surface area contributed by atoms with Gasteiger partial charge in [-0.05, 0) is 43.4 Å². The Balaban J connectivity index is 2.48. The second-order valence-corrected chi connectivity index (χ2v) is 4.86. The second-order valence-electron chi connectivity index (χ2n) is 4.86. The van der Waals surface area contributed by atoms with Crippen molar-refractivity contribution in [2.45, 2.75) is 52.5 Å². The van der Waals surface area contributed by atoms with Crippen LogP contribution in [-0.2, 0) is 0 Å².